The van der Waals surface area contributed by atoms with Gasteiger partial charge in [-0.3, -0.25) is 9.89 Å². The molecule has 0 spiro atoms. The zero-order chi connectivity index (χ0) is 19.5. The summed E-state index contributed by atoms with van der Waals surface area (Å²) in [7, 11) is 4.01. The first-order chi connectivity index (χ1) is 13.1. The summed E-state index contributed by atoms with van der Waals surface area (Å²) >= 11 is 0. The molecule has 0 radical (unpaired) electrons. The molecule has 1 atom stereocenters. The molecule has 1 unspecified atom stereocenters. The van der Waals surface area contributed by atoms with Crippen LogP contribution >= 0.6 is 24.0 Å². The van der Waals surface area contributed by atoms with Gasteiger partial charge < -0.3 is 15.5 Å². The number of piperidine rings is 1. The Balaban J connectivity index is 0.00000392. The zero-order valence-corrected chi connectivity index (χ0v) is 20.5. The lowest BCUT2D eigenvalue weighted by molar-refractivity contribution is 0.221. The molecule has 1 aromatic rings. The second-order valence-electron chi connectivity index (χ2n) is 7.74. The van der Waals surface area contributed by atoms with Crippen molar-refractivity contribution in [2.24, 2.45) is 4.99 Å². The van der Waals surface area contributed by atoms with Crippen LogP contribution in [0.1, 0.15) is 50.7 Å². The van der Waals surface area contributed by atoms with Crippen LogP contribution in [-0.4, -0.2) is 62.1 Å². The van der Waals surface area contributed by atoms with Crippen molar-refractivity contribution in [3.63, 3.8) is 0 Å². The van der Waals surface area contributed by atoms with E-state index in [0.717, 1.165) is 32.1 Å². The fourth-order valence-corrected chi connectivity index (χ4v) is 3.43. The summed E-state index contributed by atoms with van der Waals surface area (Å²) in [6, 6.07) is 9.61. The van der Waals surface area contributed by atoms with E-state index in [0.29, 0.717) is 6.04 Å². The normalized spacial score (nSPS) is 16.5. The summed E-state index contributed by atoms with van der Waals surface area (Å²) in [5, 5.41) is 6.82. The van der Waals surface area contributed by atoms with Crippen molar-refractivity contribution < 1.29 is 0 Å². The Kier molecular flexibility index (Phi) is 12.7. The summed E-state index contributed by atoms with van der Waals surface area (Å²) in [6.07, 6.45) is 5.27. The number of likely N-dealkylation sites (N-methyl/N-ethyl adjacent to an activating group) is 1. The van der Waals surface area contributed by atoms with Crippen LogP contribution in [0.3, 0.4) is 0 Å². The fraction of sp³-hybridized carbons (Fsp3) is 0.682. The Bertz CT molecular complexity index is 555. The van der Waals surface area contributed by atoms with Crippen LogP contribution in [0.15, 0.2) is 29.3 Å². The molecule has 1 aliphatic heterocycles. The molecule has 28 heavy (non-hydrogen) atoms. The number of likely N-dealkylation sites (tertiary alicyclic amines) is 1. The van der Waals surface area contributed by atoms with Crippen LogP contribution in [0.4, 0.5) is 0 Å². The molecule has 0 bridgehead atoms. The third-order valence-corrected chi connectivity index (χ3v) is 5.66. The van der Waals surface area contributed by atoms with Crippen LogP contribution < -0.4 is 10.6 Å². The molecule has 160 valence electrons. The van der Waals surface area contributed by atoms with E-state index in [1.54, 1.807) is 0 Å². The highest BCUT2D eigenvalue weighted by Crippen LogP contribution is 2.13. The number of guanidine groups is 1. The highest BCUT2D eigenvalue weighted by atomic mass is 127. The van der Waals surface area contributed by atoms with E-state index >= 15 is 0 Å². The predicted octanol–water partition coefficient (Wildman–Crippen LogP) is 3.69. The maximum Gasteiger partial charge on any atom is 0.191 e. The van der Waals surface area contributed by atoms with Crippen LogP contribution in [-0.2, 0) is 13.1 Å². The van der Waals surface area contributed by atoms with Gasteiger partial charge in [-0.05, 0) is 57.5 Å². The van der Waals surface area contributed by atoms with Gasteiger partial charge in [-0.1, -0.05) is 37.6 Å². The summed E-state index contributed by atoms with van der Waals surface area (Å²) < 4.78 is 0. The van der Waals surface area contributed by atoms with Gasteiger partial charge in [-0.25, -0.2) is 0 Å². The first-order valence-corrected chi connectivity index (χ1v) is 10.6. The quantitative estimate of drug-likeness (QED) is 0.308. The van der Waals surface area contributed by atoms with Crippen LogP contribution in [0, 0.1) is 0 Å². The van der Waals surface area contributed by atoms with E-state index in [9.17, 15) is 0 Å². The molecule has 2 N–H and O–H groups in total. The molecule has 1 heterocycles. The van der Waals surface area contributed by atoms with Crippen molar-refractivity contribution >= 4 is 29.9 Å². The lowest BCUT2D eigenvalue weighted by atomic mass is 10.1. The molecule has 2 rings (SSSR count). The standard InChI is InChI=1S/C22H39N5.HI/c1-5-19(2)26(4)16-13-24-22(23-3)25-17-20-9-11-21(12-10-20)18-27-14-7-6-8-15-27;/h9-12,19H,5-8,13-18H2,1-4H3,(H2,23,24,25);1H. The minimum Gasteiger partial charge on any atom is -0.355 e. The number of nitrogens with zero attached hydrogens (tertiary/aromatic N) is 3. The van der Waals surface area contributed by atoms with E-state index in [2.05, 4.69) is 70.6 Å². The van der Waals surface area contributed by atoms with Crippen molar-refractivity contribution in [3.8, 4) is 0 Å². The molecule has 1 aliphatic rings. The average Bonchev–Trinajstić information content (AvgIpc) is 2.71. The van der Waals surface area contributed by atoms with Gasteiger partial charge in [0.2, 0.25) is 0 Å². The number of rotatable bonds is 9. The molecule has 0 aliphatic carbocycles. The summed E-state index contributed by atoms with van der Waals surface area (Å²) in [5.41, 5.74) is 2.70. The van der Waals surface area contributed by atoms with Crippen molar-refractivity contribution in [2.45, 2.75) is 58.7 Å². The van der Waals surface area contributed by atoms with Crippen LogP contribution in [0.5, 0.6) is 0 Å². The van der Waals surface area contributed by atoms with Gasteiger partial charge in [0.1, 0.15) is 0 Å². The average molecular weight is 502 g/mol. The number of hydrogen-bond donors (Lipinski definition) is 2. The minimum atomic E-state index is 0. The smallest absolute Gasteiger partial charge is 0.191 e. The van der Waals surface area contributed by atoms with Crippen LogP contribution in [0.25, 0.3) is 0 Å². The van der Waals surface area contributed by atoms with Crippen molar-refractivity contribution in [1.82, 2.24) is 20.4 Å². The molecule has 0 saturated carbocycles. The third-order valence-electron chi connectivity index (χ3n) is 5.66. The van der Waals surface area contributed by atoms with Crippen LogP contribution in [0.2, 0.25) is 0 Å². The van der Waals surface area contributed by atoms with Gasteiger partial charge in [0.15, 0.2) is 5.96 Å². The summed E-state index contributed by atoms with van der Waals surface area (Å²) in [6.45, 7) is 10.8. The Morgan fingerprint density at radius 3 is 2.36 bits per heavy atom. The van der Waals surface area contributed by atoms with Gasteiger partial charge >= 0.3 is 0 Å². The van der Waals surface area contributed by atoms with E-state index < -0.39 is 0 Å². The largest absolute Gasteiger partial charge is 0.355 e. The van der Waals surface area contributed by atoms with Crippen molar-refractivity contribution in [3.05, 3.63) is 35.4 Å². The summed E-state index contributed by atoms with van der Waals surface area (Å²) in [4.78, 5) is 9.27. The lowest BCUT2D eigenvalue weighted by Gasteiger charge is -2.26. The molecule has 1 fully saturated rings. The predicted molar refractivity (Wildman–Crippen MR) is 132 cm³/mol. The maximum absolute atomic E-state index is 4.33. The van der Waals surface area contributed by atoms with Gasteiger partial charge in [-0.2, -0.15) is 0 Å². The summed E-state index contributed by atoms with van der Waals surface area (Å²) in [5.74, 6) is 0.866. The first-order valence-electron chi connectivity index (χ1n) is 10.6. The molecular formula is C22H40IN5. The maximum atomic E-state index is 4.33. The Hall–Kier alpha value is -0.860. The van der Waals surface area contributed by atoms with Gasteiger partial charge in [0.25, 0.3) is 0 Å². The fourth-order valence-electron chi connectivity index (χ4n) is 3.43. The number of hydrogen-bond acceptors (Lipinski definition) is 3. The second kappa shape index (κ2) is 14.2. The SMILES string of the molecule is CCC(C)N(C)CCNC(=NC)NCc1ccc(CN2CCCCC2)cc1.I. The second-order valence-corrected chi connectivity index (χ2v) is 7.74. The first kappa shape index (κ1) is 25.2. The van der Waals surface area contributed by atoms with Gasteiger partial charge in [0.05, 0.1) is 0 Å². The molecule has 0 amide bonds. The minimum absolute atomic E-state index is 0. The highest BCUT2D eigenvalue weighted by Gasteiger charge is 2.10. The number of halogens is 1. The molecule has 1 aromatic carbocycles. The van der Waals surface area contributed by atoms with Crippen molar-refractivity contribution in [1.29, 1.82) is 0 Å². The Morgan fingerprint density at radius 2 is 1.75 bits per heavy atom. The highest BCUT2D eigenvalue weighted by molar-refractivity contribution is 14.0. The number of nitrogens with one attached hydrogen (secondary N) is 2. The number of benzene rings is 1. The lowest BCUT2D eigenvalue weighted by Crippen LogP contribution is -2.42. The topological polar surface area (TPSA) is 42.9 Å². The van der Waals surface area contributed by atoms with E-state index in [1.165, 1.54) is 49.9 Å². The van der Waals surface area contributed by atoms with E-state index in [1.807, 2.05) is 7.05 Å². The zero-order valence-electron chi connectivity index (χ0n) is 18.2. The molecule has 0 aromatic heterocycles. The van der Waals surface area contributed by atoms with Crippen molar-refractivity contribution in [2.75, 3.05) is 40.3 Å². The molecular weight excluding hydrogens is 461 g/mol. The molecule has 6 heteroatoms. The third kappa shape index (κ3) is 9.09. The molecule has 1 saturated heterocycles. The van der Waals surface area contributed by atoms with E-state index in [-0.39, 0.29) is 24.0 Å². The van der Waals surface area contributed by atoms with E-state index in [4.69, 9.17) is 0 Å². The monoisotopic (exact) mass is 501 g/mol. The Morgan fingerprint density at radius 1 is 1.11 bits per heavy atom. The Labute approximate surface area is 189 Å². The van der Waals surface area contributed by atoms with Gasteiger partial charge in [-0.15, -0.1) is 24.0 Å². The molecule has 5 nitrogen and oxygen atoms in total. The van der Waals surface area contributed by atoms with Gasteiger partial charge in [0, 0.05) is 39.3 Å². The number of aliphatic imine (C=N–C) groups is 1.